The molecule has 1 nitrogen and oxygen atoms in total. The van der Waals surface area contributed by atoms with Gasteiger partial charge in [-0.25, -0.2) is 0 Å². The van der Waals surface area contributed by atoms with Gasteiger partial charge in [-0.1, -0.05) is 55.5 Å². The van der Waals surface area contributed by atoms with Crippen molar-refractivity contribution < 1.29 is 18.3 Å². The molecule has 1 atom stereocenters. The van der Waals surface area contributed by atoms with Crippen molar-refractivity contribution in [3.63, 3.8) is 0 Å². The molecule has 1 aliphatic rings. The van der Waals surface area contributed by atoms with Crippen molar-refractivity contribution in [1.82, 2.24) is 0 Å². The summed E-state index contributed by atoms with van der Waals surface area (Å²) in [5.41, 5.74) is -1.87. The third-order valence-electron chi connectivity index (χ3n) is 4.06. The van der Waals surface area contributed by atoms with Crippen molar-refractivity contribution in [2.45, 2.75) is 50.8 Å². The monoisotopic (exact) mass is 272 g/mol. The van der Waals surface area contributed by atoms with Crippen LogP contribution in [0.25, 0.3) is 0 Å². The van der Waals surface area contributed by atoms with E-state index in [1.165, 1.54) is 12.1 Å². The lowest BCUT2D eigenvalue weighted by Crippen LogP contribution is -2.43. The summed E-state index contributed by atoms with van der Waals surface area (Å²) in [5, 5.41) is 10.2. The Bertz CT molecular complexity index is 418. The fourth-order valence-corrected chi connectivity index (χ4v) is 2.86. The van der Waals surface area contributed by atoms with Crippen molar-refractivity contribution in [1.29, 1.82) is 0 Å². The summed E-state index contributed by atoms with van der Waals surface area (Å²) in [5.74, 6) is -0.0343. The third-order valence-corrected chi connectivity index (χ3v) is 4.06. The second kappa shape index (κ2) is 5.16. The van der Waals surface area contributed by atoms with Gasteiger partial charge >= 0.3 is 6.18 Å². The molecule has 1 unspecified atom stereocenters. The molecule has 4 heteroatoms. The molecule has 2 rings (SSSR count). The van der Waals surface area contributed by atoms with E-state index in [9.17, 15) is 18.3 Å². The Kier molecular flexibility index (Phi) is 3.90. The highest BCUT2D eigenvalue weighted by molar-refractivity contribution is 5.28. The van der Waals surface area contributed by atoms with Gasteiger partial charge in [-0.2, -0.15) is 13.2 Å². The Morgan fingerprint density at radius 1 is 1.11 bits per heavy atom. The number of benzene rings is 1. The summed E-state index contributed by atoms with van der Waals surface area (Å²) in [6, 6.07) is 6.00. The first kappa shape index (κ1) is 14.4. The standard InChI is InChI=1S/C15H19F3O/c1-11-6-8-13(9-7-11)14(19,15(16,17)18)10-12-4-2-3-5-12/h6-9,12,19H,2-5,10H2,1H3. The second-order valence-corrected chi connectivity index (χ2v) is 5.58. The van der Waals surface area contributed by atoms with Crippen molar-refractivity contribution >= 4 is 0 Å². The molecule has 0 bridgehead atoms. The fraction of sp³-hybridized carbons (Fsp3) is 0.600. The lowest BCUT2D eigenvalue weighted by Gasteiger charge is -2.33. The van der Waals surface area contributed by atoms with Gasteiger partial charge in [0.05, 0.1) is 0 Å². The highest BCUT2D eigenvalue weighted by atomic mass is 19.4. The maximum atomic E-state index is 13.3. The van der Waals surface area contributed by atoms with E-state index < -0.39 is 11.8 Å². The van der Waals surface area contributed by atoms with Crippen LogP contribution in [0.4, 0.5) is 13.2 Å². The molecule has 1 N–H and O–H groups in total. The number of aryl methyl sites for hydroxylation is 1. The molecular formula is C15H19F3O. The summed E-state index contributed by atoms with van der Waals surface area (Å²) in [6.45, 7) is 1.81. The Morgan fingerprint density at radius 2 is 1.63 bits per heavy atom. The van der Waals surface area contributed by atoms with E-state index in [4.69, 9.17) is 0 Å². The van der Waals surface area contributed by atoms with Crippen LogP contribution in [0.2, 0.25) is 0 Å². The van der Waals surface area contributed by atoms with Gasteiger partial charge < -0.3 is 5.11 Å². The summed E-state index contributed by atoms with van der Waals surface area (Å²) in [4.78, 5) is 0. The summed E-state index contributed by atoms with van der Waals surface area (Å²) >= 11 is 0. The maximum absolute atomic E-state index is 13.3. The van der Waals surface area contributed by atoms with Crippen molar-refractivity contribution in [3.05, 3.63) is 35.4 Å². The van der Waals surface area contributed by atoms with E-state index in [2.05, 4.69) is 0 Å². The zero-order valence-electron chi connectivity index (χ0n) is 11.0. The van der Waals surface area contributed by atoms with Gasteiger partial charge in [-0.05, 0) is 24.8 Å². The molecule has 0 radical (unpaired) electrons. The maximum Gasteiger partial charge on any atom is 0.421 e. The number of rotatable bonds is 3. The van der Waals surface area contributed by atoms with Crippen LogP contribution in [0.15, 0.2) is 24.3 Å². The quantitative estimate of drug-likeness (QED) is 0.868. The van der Waals surface area contributed by atoms with E-state index >= 15 is 0 Å². The normalized spacial score (nSPS) is 20.5. The van der Waals surface area contributed by atoms with E-state index in [0.29, 0.717) is 0 Å². The van der Waals surface area contributed by atoms with Gasteiger partial charge in [0.2, 0.25) is 0 Å². The van der Waals surface area contributed by atoms with E-state index in [-0.39, 0.29) is 17.9 Å². The highest BCUT2D eigenvalue weighted by Gasteiger charge is 2.55. The van der Waals surface area contributed by atoms with E-state index in [0.717, 1.165) is 31.2 Å². The first-order valence-electron chi connectivity index (χ1n) is 6.69. The molecule has 1 aliphatic carbocycles. The van der Waals surface area contributed by atoms with Gasteiger partial charge in [0, 0.05) is 0 Å². The molecule has 0 saturated heterocycles. The average Bonchev–Trinajstić information content (AvgIpc) is 2.81. The SMILES string of the molecule is Cc1ccc(C(O)(CC2CCCC2)C(F)(F)F)cc1. The molecule has 1 aromatic carbocycles. The van der Waals surface area contributed by atoms with Crippen LogP contribution in [0.3, 0.4) is 0 Å². The zero-order chi connectivity index (χ0) is 14.1. The van der Waals surface area contributed by atoms with Crippen LogP contribution in [0, 0.1) is 12.8 Å². The number of hydrogen-bond donors (Lipinski definition) is 1. The van der Waals surface area contributed by atoms with Gasteiger partial charge in [0.25, 0.3) is 0 Å². The average molecular weight is 272 g/mol. The van der Waals surface area contributed by atoms with Gasteiger partial charge in [-0.3, -0.25) is 0 Å². The predicted octanol–water partition coefficient (Wildman–Crippen LogP) is 4.33. The number of halogens is 3. The predicted molar refractivity (Wildman–Crippen MR) is 67.7 cm³/mol. The summed E-state index contributed by atoms with van der Waals surface area (Å²) in [6.07, 6.45) is -1.36. The molecule has 106 valence electrons. The van der Waals surface area contributed by atoms with Crippen LogP contribution in [0.5, 0.6) is 0 Å². The minimum absolute atomic E-state index is 0.0343. The molecule has 1 fully saturated rings. The number of aliphatic hydroxyl groups is 1. The van der Waals surface area contributed by atoms with Crippen molar-refractivity contribution in [2.75, 3.05) is 0 Å². The van der Waals surface area contributed by atoms with Gasteiger partial charge in [0.1, 0.15) is 0 Å². The van der Waals surface area contributed by atoms with Crippen molar-refractivity contribution in [2.24, 2.45) is 5.92 Å². The van der Waals surface area contributed by atoms with Crippen LogP contribution in [-0.2, 0) is 5.60 Å². The Morgan fingerprint density at radius 3 is 2.11 bits per heavy atom. The molecule has 0 aromatic heterocycles. The number of hydrogen-bond acceptors (Lipinski definition) is 1. The molecule has 1 aromatic rings. The summed E-state index contributed by atoms with van der Waals surface area (Å²) in [7, 11) is 0. The lowest BCUT2D eigenvalue weighted by atomic mass is 9.83. The zero-order valence-corrected chi connectivity index (χ0v) is 11.0. The smallest absolute Gasteiger partial charge is 0.376 e. The minimum atomic E-state index is -4.63. The minimum Gasteiger partial charge on any atom is -0.376 e. The van der Waals surface area contributed by atoms with E-state index in [1.54, 1.807) is 12.1 Å². The first-order valence-corrected chi connectivity index (χ1v) is 6.69. The van der Waals surface area contributed by atoms with Crippen LogP contribution in [0.1, 0.15) is 43.2 Å². The largest absolute Gasteiger partial charge is 0.421 e. The van der Waals surface area contributed by atoms with Crippen LogP contribution in [-0.4, -0.2) is 11.3 Å². The topological polar surface area (TPSA) is 20.2 Å². The highest BCUT2D eigenvalue weighted by Crippen LogP contribution is 2.46. The Hall–Kier alpha value is -1.03. The molecule has 19 heavy (non-hydrogen) atoms. The number of alkyl halides is 3. The Labute approximate surface area is 111 Å². The summed E-state index contributed by atoms with van der Waals surface area (Å²) < 4.78 is 39.9. The third kappa shape index (κ3) is 2.94. The van der Waals surface area contributed by atoms with Crippen LogP contribution >= 0.6 is 0 Å². The van der Waals surface area contributed by atoms with Crippen LogP contribution < -0.4 is 0 Å². The molecule has 0 amide bonds. The first-order chi connectivity index (χ1) is 8.83. The van der Waals surface area contributed by atoms with Crippen molar-refractivity contribution in [3.8, 4) is 0 Å². The lowest BCUT2D eigenvalue weighted by molar-refractivity contribution is -0.272. The van der Waals surface area contributed by atoms with E-state index in [1.807, 2.05) is 6.92 Å². The Balaban J connectivity index is 2.30. The molecule has 0 aliphatic heterocycles. The van der Waals surface area contributed by atoms with Gasteiger partial charge in [-0.15, -0.1) is 0 Å². The molecular weight excluding hydrogens is 253 g/mol. The molecule has 1 saturated carbocycles. The van der Waals surface area contributed by atoms with Gasteiger partial charge in [0.15, 0.2) is 5.60 Å². The fourth-order valence-electron chi connectivity index (χ4n) is 2.86. The molecule has 0 spiro atoms. The molecule has 0 heterocycles. The second-order valence-electron chi connectivity index (χ2n) is 5.58.